The molecule has 28 heavy (non-hydrogen) atoms. The molecule has 6 nitrogen and oxygen atoms in total. The average Bonchev–Trinajstić information content (AvgIpc) is 2.63. The summed E-state index contributed by atoms with van der Waals surface area (Å²) < 4.78 is 28.0. The van der Waals surface area contributed by atoms with E-state index in [-0.39, 0.29) is 23.2 Å². The molecule has 0 unspecified atom stereocenters. The fourth-order valence-electron chi connectivity index (χ4n) is 2.57. The van der Waals surface area contributed by atoms with Gasteiger partial charge in [0.1, 0.15) is 0 Å². The van der Waals surface area contributed by atoms with E-state index in [1.807, 2.05) is 19.1 Å². The van der Waals surface area contributed by atoms with Gasteiger partial charge in [0.05, 0.1) is 10.6 Å². The zero-order valence-electron chi connectivity index (χ0n) is 16.4. The normalized spacial score (nSPS) is 10.8. The van der Waals surface area contributed by atoms with E-state index in [2.05, 4.69) is 22.3 Å². The first-order valence-corrected chi connectivity index (χ1v) is 10.5. The lowest BCUT2D eigenvalue weighted by molar-refractivity contribution is 0.0953. The third-order valence-electron chi connectivity index (χ3n) is 4.17. The molecule has 0 aliphatic rings. The molecule has 0 bridgehead atoms. The van der Waals surface area contributed by atoms with Gasteiger partial charge in [0.15, 0.2) is 0 Å². The van der Waals surface area contributed by atoms with Gasteiger partial charge in [-0.25, -0.2) is 8.42 Å². The Balaban J connectivity index is 0.00000392. The van der Waals surface area contributed by atoms with Crippen molar-refractivity contribution in [1.82, 2.24) is 10.6 Å². The minimum absolute atomic E-state index is 0. The van der Waals surface area contributed by atoms with E-state index >= 15 is 0 Å². The lowest BCUT2D eigenvalue weighted by Crippen LogP contribution is -2.32. The van der Waals surface area contributed by atoms with Gasteiger partial charge in [-0.2, -0.15) is 0 Å². The van der Waals surface area contributed by atoms with Crippen LogP contribution in [0.15, 0.2) is 47.4 Å². The van der Waals surface area contributed by atoms with Crippen molar-refractivity contribution in [1.29, 1.82) is 0 Å². The molecule has 0 heterocycles. The zero-order valence-corrected chi connectivity index (χ0v) is 18.0. The number of nitrogens with one attached hydrogen (secondary N) is 3. The fourth-order valence-corrected chi connectivity index (χ4v) is 3.72. The molecule has 2 rings (SSSR count). The topological polar surface area (TPSA) is 87.3 Å². The summed E-state index contributed by atoms with van der Waals surface area (Å²) in [6.45, 7) is 7.75. The first-order valence-electron chi connectivity index (χ1n) is 9.03. The lowest BCUT2D eigenvalue weighted by atomic mass is 10.1. The molecule has 1 amide bonds. The quantitative estimate of drug-likeness (QED) is 0.538. The van der Waals surface area contributed by atoms with Crippen molar-refractivity contribution < 1.29 is 13.2 Å². The second-order valence-electron chi connectivity index (χ2n) is 6.40. The molecule has 8 heteroatoms. The molecule has 3 N–H and O–H groups in total. The van der Waals surface area contributed by atoms with Crippen LogP contribution >= 0.6 is 12.4 Å². The number of benzene rings is 2. The van der Waals surface area contributed by atoms with Gasteiger partial charge in [0, 0.05) is 18.7 Å². The largest absolute Gasteiger partial charge is 0.351 e. The summed E-state index contributed by atoms with van der Waals surface area (Å²) in [7, 11) is -3.78. The van der Waals surface area contributed by atoms with E-state index in [0.29, 0.717) is 24.3 Å². The number of para-hydroxylation sites is 1. The number of carbonyl (C=O) groups excluding carboxylic acids is 1. The number of halogens is 1. The average molecular weight is 426 g/mol. The Labute approximate surface area is 173 Å². The minimum Gasteiger partial charge on any atom is -0.351 e. The maximum Gasteiger partial charge on any atom is 0.261 e. The molecular weight excluding hydrogens is 398 g/mol. The van der Waals surface area contributed by atoms with E-state index in [1.165, 1.54) is 12.1 Å². The van der Waals surface area contributed by atoms with Crippen LogP contribution < -0.4 is 15.4 Å². The van der Waals surface area contributed by atoms with Crippen LogP contribution in [0.2, 0.25) is 0 Å². The molecule has 0 aliphatic heterocycles. The molecule has 2 aromatic carbocycles. The fraction of sp³-hybridized carbons (Fsp3) is 0.350. The summed E-state index contributed by atoms with van der Waals surface area (Å²) in [5.41, 5.74) is 2.43. The molecular formula is C20H28ClN3O3S. The van der Waals surface area contributed by atoms with E-state index in [9.17, 15) is 13.2 Å². The maximum absolute atomic E-state index is 12.7. The molecule has 0 spiro atoms. The SMILES string of the molecule is CCCNCCNC(=O)c1cc(S(=O)(=O)Nc2ccccc2C)ccc1C.Cl. The summed E-state index contributed by atoms with van der Waals surface area (Å²) in [4.78, 5) is 12.5. The van der Waals surface area contributed by atoms with Crippen LogP contribution in [0, 0.1) is 13.8 Å². The molecule has 0 aromatic heterocycles. The maximum atomic E-state index is 12.7. The Morgan fingerprint density at radius 3 is 2.36 bits per heavy atom. The third-order valence-corrected chi connectivity index (χ3v) is 5.53. The molecule has 2 aromatic rings. The standard InChI is InChI=1S/C20H27N3O3S.ClH/c1-4-11-21-12-13-22-20(24)18-14-17(10-9-15(18)2)27(25,26)23-19-8-6-5-7-16(19)3;/h5-10,14,21,23H,4,11-13H2,1-3H3,(H,22,24);1H. The Morgan fingerprint density at radius 1 is 0.964 bits per heavy atom. The van der Waals surface area contributed by atoms with Crippen molar-refractivity contribution in [2.24, 2.45) is 0 Å². The van der Waals surface area contributed by atoms with Crippen molar-refractivity contribution in [2.75, 3.05) is 24.4 Å². The van der Waals surface area contributed by atoms with Crippen molar-refractivity contribution in [3.8, 4) is 0 Å². The van der Waals surface area contributed by atoms with Crippen LogP contribution in [-0.4, -0.2) is 34.0 Å². The van der Waals surface area contributed by atoms with Gasteiger partial charge >= 0.3 is 0 Å². The van der Waals surface area contributed by atoms with Crippen LogP contribution in [0.4, 0.5) is 5.69 Å². The number of carbonyl (C=O) groups is 1. The van der Waals surface area contributed by atoms with Crippen LogP contribution in [0.1, 0.15) is 34.8 Å². The Morgan fingerprint density at radius 2 is 1.68 bits per heavy atom. The molecule has 0 atom stereocenters. The predicted octanol–water partition coefficient (Wildman–Crippen LogP) is 3.26. The number of hydrogen-bond acceptors (Lipinski definition) is 4. The predicted molar refractivity (Wildman–Crippen MR) is 116 cm³/mol. The second kappa shape index (κ2) is 11.0. The summed E-state index contributed by atoms with van der Waals surface area (Å²) in [5, 5.41) is 6.02. The second-order valence-corrected chi connectivity index (χ2v) is 8.09. The summed E-state index contributed by atoms with van der Waals surface area (Å²) in [6, 6.07) is 11.7. The lowest BCUT2D eigenvalue weighted by Gasteiger charge is -2.13. The smallest absolute Gasteiger partial charge is 0.261 e. The number of aryl methyl sites for hydroxylation is 2. The van der Waals surface area contributed by atoms with Crippen LogP contribution in [0.5, 0.6) is 0 Å². The highest BCUT2D eigenvalue weighted by Gasteiger charge is 2.18. The Hall–Kier alpha value is -2.09. The van der Waals surface area contributed by atoms with Crippen molar-refractivity contribution >= 4 is 34.0 Å². The van der Waals surface area contributed by atoms with Gasteiger partial charge in [0.2, 0.25) is 0 Å². The highest BCUT2D eigenvalue weighted by atomic mass is 35.5. The van der Waals surface area contributed by atoms with Crippen LogP contribution in [0.25, 0.3) is 0 Å². The summed E-state index contributed by atoms with van der Waals surface area (Å²) >= 11 is 0. The molecule has 0 fully saturated rings. The monoisotopic (exact) mass is 425 g/mol. The number of sulfonamides is 1. The molecule has 154 valence electrons. The molecule has 0 saturated carbocycles. The Kier molecular flexibility index (Phi) is 9.45. The summed E-state index contributed by atoms with van der Waals surface area (Å²) in [6.07, 6.45) is 1.03. The van der Waals surface area contributed by atoms with Crippen molar-refractivity contribution in [2.45, 2.75) is 32.1 Å². The van der Waals surface area contributed by atoms with Gasteiger partial charge in [-0.05, 0) is 56.1 Å². The van der Waals surface area contributed by atoms with E-state index in [0.717, 1.165) is 24.1 Å². The summed E-state index contributed by atoms with van der Waals surface area (Å²) in [5.74, 6) is -0.279. The van der Waals surface area contributed by atoms with Gasteiger partial charge in [-0.15, -0.1) is 12.4 Å². The molecule has 0 aliphatic carbocycles. The van der Waals surface area contributed by atoms with Crippen molar-refractivity contribution in [3.05, 3.63) is 59.2 Å². The van der Waals surface area contributed by atoms with Gasteiger partial charge in [0.25, 0.3) is 15.9 Å². The Bertz CT molecular complexity index is 901. The van der Waals surface area contributed by atoms with Crippen molar-refractivity contribution in [3.63, 3.8) is 0 Å². The zero-order chi connectivity index (χ0) is 19.9. The highest BCUT2D eigenvalue weighted by molar-refractivity contribution is 7.92. The van der Waals surface area contributed by atoms with Gasteiger partial charge in [-0.1, -0.05) is 31.2 Å². The van der Waals surface area contributed by atoms with Crippen LogP contribution in [-0.2, 0) is 10.0 Å². The minimum atomic E-state index is -3.78. The number of anilines is 1. The number of amides is 1. The van der Waals surface area contributed by atoms with E-state index < -0.39 is 10.0 Å². The first-order chi connectivity index (χ1) is 12.8. The molecule has 0 saturated heterocycles. The third kappa shape index (κ3) is 6.51. The van der Waals surface area contributed by atoms with E-state index in [4.69, 9.17) is 0 Å². The first kappa shape index (κ1) is 23.9. The van der Waals surface area contributed by atoms with E-state index in [1.54, 1.807) is 25.1 Å². The van der Waals surface area contributed by atoms with Crippen LogP contribution in [0.3, 0.4) is 0 Å². The number of hydrogen-bond donors (Lipinski definition) is 3. The highest BCUT2D eigenvalue weighted by Crippen LogP contribution is 2.21. The number of rotatable bonds is 9. The van der Waals surface area contributed by atoms with Gasteiger partial charge < -0.3 is 10.6 Å². The molecule has 0 radical (unpaired) electrons. The van der Waals surface area contributed by atoms with Gasteiger partial charge in [-0.3, -0.25) is 9.52 Å².